The van der Waals surface area contributed by atoms with Crippen molar-refractivity contribution in [3.05, 3.63) is 47.0 Å². The highest BCUT2D eigenvalue weighted by atomic mass is 32.1. The molecule has 0 spiro atoms. The molecule has 2 heterocycles. The molecule has 1 atom stereocenters. The molecule has 17 heavy (non-hydrogen) atoms. The van der Waals surface area contributed by atoms with Crippen LogP contribution in [0, 0.1) is 0 Å². The van der Waals surface area contributed by atoms with Crippen LogP contribution in [0.1, 0.15) is 24.1 Å². The van der Waals surface area contributed by atoms with Crippen molar-refractivity contribution in [2.24, 2.45) is 4.99 Å². The molecule has 0 saturated heterocycles. The first-order valence-electron chi connectivity index (χ1n) is 5.36. The highest BCUT2D eigenvalue weighted by Crippen LogP contribution is 2.36. The molecule has 0 N–H and O–H groups in total. The number of benzene rings is 1. The summed E-state index contributed by atoms with van der Waals surface area (Å²) in [6.07, 6.45) is 0. The fourth-order valence-electron chi connectivity index (χ4n) is 2.08. The Bertz CT molecular complexity index is 602. The van der Waals surface area contributed by atoms with Crippen molar-refractivity contribution in [2.45, 2.75) is 12.8 Å². The van der Waals surface area contributed by atoms with E-state index < -0.39 is 0 Å². The molecule has 1 aliphatic heterocycles. The van der Waals surface area contributed by atoms with Gasteiger partial charge in [-0.15, -0.1) is 0 Å². The molecule has 4 heteroatoms. The summed E-state index contributed by atoms with van der Waals surface area (Å²) in [7, 11) is 0. The molecule has 1 aliphatic rings. The normalized spacial score (nSPS) is 18.8. The van der Waals surface area contributed by atoms with Crippen LogP contribution in [0.4, 0.5) is 5.69 Å². The molecule has 3 rings (SSSR count). The van der Waals surface area contributed by atoms with Gasteiger partial charge < -0.3 is 0 Å². The molecular formula is C13H10N2OS. The van der Waals surface area contributed by atoms with Gasteiger partial charge in [0.05, 0.1) is 23.0 Å². The summed E-state index contributed by atoms with van der Waals surface area (Å²) < 4.78 is 4.29. The molecule has 0 fully saturated rings. The molecule has 2 aromatic rings. The van der Waals surface area contributed by atoms with Crippen LogP contribution in [0.3, 0.4) is 0 Å². The topological polar surface area (TPSA) is 42.3 Å². The Balaban J connectivity index is 2.22. The molecule has 1 aromatic heterocycles. The molecule has 0 amide bonds. The van der Waals surface area contributed by atoms with Gasteiger partial charge in [0.1, 0.15) is 0 Å². The summed E-state index contributed by atoms with van der Waals surface area (Å²) >= 11 is 1.37. The van der Waals surface area contributed by atoms with Gasteiger partial charge in [0, 0.05) is 5.38 Å². The first kappa shape index (κ1) is 10.4. The lowest BCUT2D eigenvalue weighted by Gasteiger charge is -2.20. The fraction of sp³-hybridized carbons (Fsp3) is 0.154. The fourth-order valence-corrected chi connectivity index (χ4v) is 2.63. The van der Waals surface area contributed by atoms with Gasteiger partial charge in [-0.05, 0) is 36.2 Å². The second-order valence-electron chi connectivity index (χ2n) is 3.98. The van der Waals surface area contributed by atoms with E-state index in [1.807, 2.05) is 35.7 Å². The number of aromatic nitrogens is 1. The minimum absolute atomic E-state index is 0.0506. The summed E-state index contributed by atoms with van der Waals surface area (Å²) in [5.41, 5.74) is 3.21. The van der Waals surface area contributed by atoms with Crippen LogP contribution in [0.5, 0.6) is 0 Å². The predicted molar refractivity (Wildman–Crippen MR) is 68.2 cm³/mol. The average Bonchev–Trinajstić information content (AvgIpc) is 2.84. The van der Waals surface area contributed by atoms with E-state index in [4.69, 9.17) is 0 Å². The number of aliphatic imine (C=N–C) groups is 1. The lowest BCUT2D eigenvalue weighted by atomic mass is 9.86. The largest absolute Gasteiger partial charge is 0.292 e. The maximum Gasteiger partial charge on any atom is 0.190 e. The minimum atomic E-state index is -0.282. The lowest BCUT2D eigenvalue weighted by Crippen LogP contribution is -2.24. The summed E-state index contributed by atoms with van der Waals surface area (Å²) in [4.78, 5) is 16.5. The summed E-state index contributed by atoms with van der Waals surface area (Å²) in [6, 6.07) is 9.66. The number of carbonyl (C=O) groups excluding carboxylic acids is 1. The van der Waals surface area contributed by atoms with Crippen LogP contribution < -0.4 is 0 Å². The number of nitrogens with zero attached hydrogens (tertiary/aromatic N) is 2. The quantitative estimate of drug-likeness (QED) is 0.771. The zero-order valence-corrected chi connectivity index (χ0v) is 10.1. The van der Waals surface area contributed by atoms with Crippen LogP contribution in [0.25, 0.3) is 0 Å². The van der Waals surface area contributed by atoms with Gasteiger partial charge in [0.2, 0.25) is 0 Å². The first-order chi connectivity index (χ1) is 8.27. The van der Waals surface area contributed by atoms with E-state index in [0.29, 0.717) is 5.71 Å². The summed E-state index contributed by atoms with van der Waals surface area (Å²) in [6.45, 7) is 1.76. The van der Waals surface area contributed by atoms with Crippen LogP contribution in [0.15, 0.2) is 40.7 Å². The van der Waals surface area contributed by atoms with Crippen LogP contribution in [0.2, 0.25) is 0 Å². The van der Waals surface area contributed by atoms with Crippen molar-refractivity contribution in [1.82, 2.24) is 4.37 Å². The van der Waals surface area contributed by atoms with Crippen LogP contribution >= 0.6 is 11.5 Å². The molecular weight excluding hydrogens is 232 g/mol. The van der Waals surface area contributed by atoms with Gasteiger partial charge in [-0.2, -0.15) is 4.37 Å². The Labute approximate surface area is 103 Å². The van der Waals surface area contributed by atoms with Gasteiger partial charge in [-0.25, -0.2) is 4.99 Å². The Morgan fingerprint density at radius 2 is 2.06 bits per heavy atom. The number of para-hydroxylation sites is 1. The van der Waals surface area contributed by atoms with Crippen molar-refractivity contribution < 1.29 is 4.79 Å². The Morgan fingerprint density at radius 3 is 2.82 bits per heavy atom. The van der Waals surface area contributed by atoms with Gasteiger partial charge in [0.25, 0.3) is 0 Å². The molecule has 0 bridgehead atoms. The van der Waals surface area contributed by atoms with Gasteiger partial charge in [-0.1, -0.05) is 18.2 Å². The Kier molecular flexibility index (Phi) is 2.37. The Hall–Kier alpha value is -1.81. The molecule has 1 aromatic carbocycles. The van der Waals surface area contributed by atoms with Crippen molar-refractivity contribution in [3.63, 3.8) is 0 Å². The van der Waals surface area contributed by atoms with E-state index >= 15 is 0 Å². The van der Waals surface area contributed by atoms with Crippen molar-refractivity contribution >= 4 is 28.7 Å². The SMILES string of the molecule is CC1=Nc2ccccc2C(c2ccsn2)C1=O. The smallest absolute Gasteiger partial charge is 0.190 e. The molecule has 0 radical (unpaired) electrons. The maximum atomic E-state index is 12.2. The number of carbonyl (C=O) groups is 1. The van der Waals surface area contributed by atoms with Crippen molar-refractivity contribution in [3.8, 4) is 0 Å². The number of hydrogen-bond acceptors (Lipinski definition) is 4. The summed E-state index contributed by atoms with van der Waals surface area (Å²) in [5.74, 6) is -0.232. The zero-order valence-electron chi connectivity index (χ0n) is 9.25. The highest BCUT2D eigenvalue weighted by Gasteiger charge is 2.31. The number of hydrogen-bond donors (Lipinski definition) is 0. The monoisotopic (exact) mass is 242 g/mol. The Morgan fingerprint density at radius 1 is 1.24 bits per heavy atom. The maximum absolute atomic E-state index is 12.2. The van der Waals surface area contributed by atoms with E-state index in [9.17, 15) is 4.79 Å². The second kappa shape index (κ2) is 3.89. The number of rotatable bonds is 1. The van der Waals surface area contributed by atoms with Gasteiger partial charge in [-0.3, -0.25) is 4.79 Å². The van der Waals surface area contributed by atoms with E-state index in [0.717, 1.165) is 16.9 Å². The number of ketones is 1. The van der Waals surface area contributed by atoms with E-state index in [2.05, 4.69) is 9.37 Å². The molecule has 0 saturated carbocycles. The van der Waals surface area contributed by atoms with Gasteiger partial charge in [0.15, 0.2) is 5.78 Å². The predicted octanol–water partition coefficient (Wildman–Crippen LogP) is 2.95. The number of fused-ring (bicyclic) bond motifs is 1. The van der Waals surface area contributed by atoms with Crippen LogP contribution in [-0.2, 0) is 4.79 Å². The molecule has 0 aliphatic carbocycles. The van der Waals surface area contributed by atoms with Crippen molar-refractivity contribution in [2.75, 3.05) is 0 Å². The molecule has 3 nitrogen and oxygen atoms in total. The third kappa shape index (κ3) is 1.61. The minimum Gasteiger partial charge on any atom is -0.292 e. The standard InChI is InChI=1S/C13H10N2OS/c1-8-13(16)12(11-6-7-17-15-11)9-4-2-3-5-10(9)14-8/h2-7,12H,1H3. The zero-order chi connectivity index (χ0) is 11.8. The molecule has 1 unspecified atom stereocenters. The number of Topliss-reactive ketones (excluding diaryl/α,β-unsaturated/α-hetero) is 1. The third-order valence-electron chi connectivity index (χ3n) is 2.91. The van der Waals surface area contributed by atoms with E-state index in [-0.39, 0.29) is 11.7 Å². The van der Waals surface area contributed by atoms with Crippen LogP contribution in [-0.4, -0.2) is 15.9 Å². The average molecular weight is 242 g/mol. The lowest BCUT2D eigenvalue weighted by molar-refractivity contribution is -0.113. The highest BCUT2D eigenvalue weighted by molar-refractivity contribution is 7.03. The van der Waals surface area contributed by atoms with Gasteiger partial charge >= 0.3 is 0 Å². The van der Waals surface area contributed by atoms with E-state index in [1.54, 1.807) is 6.92 Å². The third-order valence-corrected chi connectivity index (χ3v) is 3.48. The first-order valence-corrected chi connectivity index (χ1v) is 6.20. The van der Waals surface area contributed by atoms with E-state index in [1.165, 1.54) is 11.5 Å². The molecule has 84 valence electrons. The second-order valence-corrected chi connectivity index (χ2v) is 4.64. The summed E-state index contributed by atoms with van der Waals surface area (Å²) in [5, 5.41) is 1.90. The van der Waals surface area contributed by atoms with Crippen molar-refractivity contribution in [1.29, 1.82) is 0 Å².